The van der Waals surface area contributed by atoms with Crippen molar-refractivity contribution in [2.75, 3.05) is 13.2 Å². The first-order valence-corrected chi connectivity index (χ1v) is 7.22. The van der Waals surface area contributed by atoms with Gasteiger partial charge < -0.3 is 14.8 Å². The van der Waals surface area contributed by atoms with Crippen LogP contribution in [0.25, 0.3) is 0 Å². The van der Waals surface area contributed by atoms with Crippen LogP contribution >= 0.6 is 11.3 Å². The van der Waals surface area contributed by atoms with Crippen LogP contribution in [0.2, 0.25) is 0 Å². The van der Waals surface area contributed by atoms with Gasteiger partial charge in [-0.05, 0) is 19.1 Å². The van der Waals surface area contributed by atoms with Gasteiger partial charge in [-0.1, -0.05) is 12.1 Å². The summed E-state index contributed by atoms with van der Waals surface area (Å²) in [6.07, 6.45) is 1.87. The summed E-state index contributed by atoms with van der Waals surface area (Å²) in [7, 11) is 0. The zero-order chi connectivity index (χ0) is 13.1. The number of benzene rings is 1. The second-order valence-electron chi connectivity index (χ2n) is 4.50. The normalized spacial score (nSPS) is 19.1. The molecule has 0 bridgehead atoms. The molecule has 0 aliphatic carbocycles. The van der Waals surface area contributed by atoms with Crippen LogP contribution in [0.1, 0.15) is 18.0 Å². The van der Waals surface area contributed by atoms with E-state index in [9.17, 15) is 0 Å². The van der Waals surface area contributed by atoms with Crippen LogP contribution in [0.5, 0.6) is 11.5 Å². The minimum atomic E-state index is 0.0392. The first-order chi connectivity index (χ1) is 9.33. The molecule has 1 aromatic carbocycles. The molecule has 0 spiro atoms. The maximum absolute atomic E-state index is 5.90. The van der Waals surface area contributed by atoms with Crippen molar-refractivity contribution in [2.24, 2.45) is 0 Å². The molecule has 1 aromatic heterocycles. The fraction of sp³-hybridized carbons (Fsp3) is 0.357. The molecule has 1 N–H and O–H groups in total. The van der Waals surface area contributed by atoms with E-state index in [1.807, 2.05) is 35.8 Å². The lowest BCUT2D eigenvalue weighted by molar-refractivity contribution is 0.0886. The Morgan fingerprint density at radius 2 is 2.26 bits per heavy atom. The highest BCUT2D eigenvalue weighted by atomic mass is 32.1. The van der Waals surface area contributed by atoms with E-state index in [1.165, 1.54) is 0 Å². The van der Waals surface area contributed by atoms with Gasteiger partial charge in [-0.15, -0.1) is 11.3 Å². The van der Waals surface area contributed by atoms with Gasteiger partial charge in [-0.25, -0.2) is 4.98 Å². The third-order valence-corrected chi connectivity index (χ3v) is 4.00. The van der Waals surface area contributed by atoms with Crippen LogP contribution in [-0.2, 0) is 0 Å². The molecule has 0 fully saturated rings. The summed E-state index contributed by atoms with van der Waals surface area (Å²) in [6, 6.07) is 8.01. The van der Waals surface area contributed by atoms with Gasteiger partial charge in [0, 0.05) is 18.1 Å². The number of para-hydroxylation sites is 2. The van der Waals surface area contributed by atoms with E-state index in [0.29, 0.717) is 6.61 Å². The third kappa shape index (κ3) is 2.88. The molecule has 0 unspecified atom stereocenters. The lowest BCUT2D eigenvalue weighted by Gasteiger charge is -2.27. The van der Waals surface area contributed by atoms with Crippen molar-refractivity contribution in [1.82, 2.24) is 10.3 Å². The quantitative estimate of drug-likeness (QED) is 0.932. The lowest BCUT2D eigenvalue weighted by atomic mass is 10.2. The molecule has 0 radical (unpaired) electrons. The molecule has 100 valence electrons. The summed E-state index contributed by atoms with van der Waals surface area (Å²) >= 11 is 1.66. The molecular weight excluding hydrogens is 260 g/mol. The van der Waals surface area contributed by atoms with Gasteiger partial charge in [0.25, 0.3) is 0 Å². The monoisotopic (exact) mass is 276 g/mol. The molecule has 0 saturated heterocycles. The molecule has 1 aliphatic heterocycles. The minimum absolute atomic E-state index is 0.0392. The molecule has 3 rings (SSSR count). The van der Waals surface area contributed by atoms with Crippen molar-refractivity contribution in [3.63, 3.8) is 0 Å². The fourth-order valence-electron chi connectivity index (χ4n) is 2.01. The average molecular weight is 276 g/mol. The Bertz CT molecular complexity index is 530. The van der Waals surface area contributed by atoms with E-state index in [2.05, 4.69) is 17.2 Å². The van der Waals surface area contributed by atoms with E-state index in [0.717, 1.165) is 23.1 Å². The summed E-state index contributed by atoms with van der Waals surface area (Å²) in [5, 5.41) is 6.51. The number of hydrogen-bond acceptors (Lipinski definition) is 5. The summed E-state index contributed by atoms with van der Waals surface area (Å²) in [4.78, 5) is 4.30. The number of hydrogen-bond donors (Lipinski definition) is 1. The number of thiazole rings is 1. The van der Waals surface area contributed by atoms with Gasteiger partial charge in [-0.2, -0.15) is 0 Å². The molecule has 1 aliphatic rings. The van der Waals surface area contributed by atoms with E-state index in [-0.39, 0.29) is 12.1 Å². The van der Waals surface area contributed by atoms with Gasteiger partial charge in [0.15, 0.2) is 11.5 Å². The number of fused-ring (bicyclic) bond motifs is 1. The standard InChI is InChI=1S/C14H16N2O2S/c1-10(14-15-6-7-19-14)16-8-11-9-17-12-4-2-3-5-13(12)18-11/h2-7,10-11,16H,8-9H2,1H3/t10-,11+/m1/s1. The SMILES string of the molecule is C[C@@H](NC[C@H]1COc2ccccc2O1)c1nccs1. The second kappa shape index (κ2) is 5.59. The van der Waals surface area contributed by atoms with Gasteiger partial charge in [0.05, 0.1) is 6.04 Å². The molecule has 2 heterocycles. The van der Waals surface area contributed by atoms with E-state index in [1.54, 1.807) is 11.3 Å². The van der Waals surface area contributed by atoms with Crippen molar-refractivity contribution < 1.29 is 9.47 Å². The summed E-state index contributed by atoms with van der Waals surface area (Å²) in [5.74, 6) is 1.65. The van der Waals surface area contributed by atoms with Crippen LogP contribution in [0.3, 0.4) is 0 Å². The molecule has 0 saturated carbocycles. The maximum atomic E-state index is 5.90. The second-order valence-corrected chi connectivity index (χ2v) is 5.42. The topological polar surface area (TPSA) is 43.4 Å². The third-order valence-electron chi connectivity index (χ3n) is 3.04. The Kier molecular flexibility index (Phi) is 3.66. The van der Waals surface area contributed by atoms with E-state index in [4.69, 9.17) is 9.47 Å². The molecule has 2 aromatic rings. The van der Waals surface area contributed by atoms with Crippen LogP contribution in [-0.4, -0.2) is 24.2 Å². The predicted molar refractivity (Wildman–Crippen MR) is 74.9 cm³/mol. The van der Waals surface area contributed by atoms with Crippen molar-refractivity contribution in [3.8, 4) is 11.5 Å². The first kappa shape index (κ1) is 12.4. The van der Waals surface area contributed by atoms with Crippen molar-refractivity contribution in [1.29, 1.82) is 0 Å². The Labute approximate surface area is 116 Å². The number of aromatic nitrogens is 1. The van der Waals surface area contributed by atoms with E-state index < -0.39 is 0 Å². The Morgan fingerprint density at radius 1 is 1.42 bits per heavy atom. The van der Waals surface area contributed by atoms with Gasteiger partial charge in [0.2, 0.25) is 0 Å². The number of nitrogens with zero attached hydrogens (tertiary/aromatic N) is 1. The largest absolute Gasteiger partial charge is 0.486 e. The number of nitrogens with one attached hydrogen (secondary N) is 1. The fourth-order valence-corrected chi connectivity index (χ4v) is 2.68. The summed E-state index contributed by atoms with van der Waals surface area (Å²) in [6.45, 7) is 3.43. The van der Waals surface area contributed by atoms with Crippen LogP contribution < -0.4 is 14.8 Å². The minimum Gasteiger partial charge on any atom is -0.486 e. The highest BCUT2D eigenvalue weighted by molar-refractivity contribution is 7.09. The highest BCUT2D eigenvalue weighted by Crippen LogP contribution is 2.30. The summed E-state index contributed by atoms with van der Waals surface area (Å²) < 4.78 is 11.6. The van der Waals surface area contributed by atoms with Crippen LogP contribution in [0.15, 0.2) is 35.8 Å². The maximum Gasteiger partial charge on any atom is 0.161 e. The number of rotatable bonds is 4. The molecule has 2 atom stereocenters. The molecule has 5 heteroatoms. The van der Waals surface area contributed by atoms with Crippen LogP contribution in [0, 0.1) is 0 Å². The predicted octanol–water partition coefficient (Wildman–Crippen LogP) is 2.63. The first-order valence-electron chi connectivity index (χ1n) is 6.34. The Balaban J connectivity index is 1.55. The van der Waals surface area contributed by atoms with Gasteiger partial charge >= 0.3 is 0 Å². The van der Waals surface area contributed by atoms with Gasteiger partial charge in [0.1, 0.15) is 17.7 Å². The smallest absolute Gasteiger partial charge is 0.161 e. The molecule has 19 heavy (non-hydrogen) atoms. The van der Waals surface area contributed by atoms with Crippen LogP contribution in [0.4, 0.5) is 0 Å². The number of ether oxygens (including phenoxy) is 2. The molecular formula is C14H16N2O2S. The van der Waals surface area contributed by atoms with Crippen molar-refractivity contribution in [3.05, 3.63) is 40.8 Å². The molecule has 4 nitrogen and oxygen atoms in total. The molecule has 0 amide bonds. The zero-order valence-corrected chi connectivity index (χ0v) is 11.5. The zero-order valence-electron chi connectivity index (χ0n) is 10.7. The van der Waals surface area contributed by atoms with Crippen molar-refractivity contribution >= 4 is 11.3 Å². The van der Waals surface area contributed by atoms with E-state index >= 15 is 0 Å². The average Bonchev–Trinajstić information content (AvgIpc) is 2.99. The Hall–Kier alpha value is -1.59. The highest BCUT2D eigenvalue weighted by Gasteiger charge is 2.21. The summed E-state index contributed by atoms with van der Waals surface area (Å²) in [5.41, 5.74) is 0. The van der Waals surface area contributed by atoms with Gasteiger partial charge in [-0.3, -0.25) is 0 Å². The van der Waals surface area contributed by atoms with Crippen molar-refractivity contribution in [2.45, 2.75) is 19.1 Å². The lowest BCUT2D eigenvalue weighted by Crippen LogP contribution is -2.39. The Morgan fingerprint density at radius 3 is 3.05 bits per heavy atom.